The lowest BCUT2D eigenvalue weighted by Gasteiger charge is -1.87. The number of nitrogens with two attached hydrogens (primary N) is 1. The number of anilines is 1. The summed E-state index contributed by atoms with van der Waals surface area (Å²) in [6.07, 6.45) is 1.51. The van der Waals surface area contributed by atoms with Crippen LogP contribution in [0.2, 0.25) is 0 Å². The van der Waals surface area contributed by atoms with Crippen LogP contribution in [0.4, 0.5) is 5.95 Å². The van der Waals surface area contributed by atoms with Crippen LogP contribution in [0.1, 0.15) is 5.01 Å². The second-order valence-corrected chi connectivity index (χ2v) is 3.31. The van der Waals surface area contributed by atoms with Crippen LogP contribution in [0.5, 0.6) is 0 Å². The third-order valence-electron chi connectivity index (χ3n) is 1.22. The van der Waals surface area contributed by atoms with E-state index in [-0.39, 0.29) is 5.95 Å². The van der Waals surface area contributed by atoms with E-state index in [1.807, 2.05) is 6.92 Å². The van der Waals surface area contributed by atoms with Crippen molar-refractivity contribution in [2.24, 2.45) is 0 Å². The molecule has 0 aliphatic rings. The first-order valence-electron chi connectivity index (χ1n) is 3.23. The highest BCUT2D eigenvalue weighted by atomic mass is 32.1. The van der Waals surface area contributed by atoms with E-state index < -0.39 is 0 Å². The highest BCUT2D eigenvalue weighted by molar-refractivity contribution is 7.13. The molecule has 0 radical (unpaired) electrons. The van der Waals surface area contributed by atoms with Crippen LogP contribution in [-0.4, -0.2) is 25.0 Å². The molecule has 0 spiro atoms. The van der Waals surface area contributed by atoms with E-state index >= 15 is 0 Å². The second kappa shape index (κ2) is 2.52. The molecule has 2 rings (SSSR count). The molecule has 0 fully saturated rings. The zero-order valence-corrected chi connectivity index (χ0v) is 7.12. The lowest BCUT2D eigenvalue weighted by Crippen LogP contribution is -1.95. The van der Waals surface area contributed by atoms with Crippen molar-refractivity contribution in [3.8, 4) is 5.13 Å². The van der Waals surface area contributed by atoms with Gasteiger partial charge in [0.05, 0.1) is 0 Å². The molecule has 7 heteroatoms. The molecule has 12 heavy (non-hydrogen) atoms. The highest BCUT2D eigenvalue weighted by Crippen LogP contribution is 2.11. The van der Waals surface area contributed by atoms with Gasteiger partial charge < -0.3 is 5.73 Å². The van der Waals surface area contributed by atoms with Gasteiger partial charge in [0.15, 0.2) is 0 Å². The molecule has 0 aliphatic heterocycles. The van der Waals surface area contributed by atoms with Gasteiger partial charge in [-0.1, -0.05) is 11.3 Å². The quantitative estimate of drug-likeness (QED) is 0.671. The third-order valence-corrected chi connectivity index (χ3v) is 2.05. The molecule has 62 valence electrons. The maximum absolute atomic E-state index is 5.34. The summed E-state index contributed by atoms with van der Waals surface area (Å²) in [4.78, 5) is 3.77. The van der Waals surface area contributed by atoms with E-state index in [0.717, 1.165) is 5.01 Å². The van der Waals surface area contributed by atoms with Gasteiger partial charge in [-0.3, -0.25) is 0 Å². The Hall–Kier alpha value is -1.50. The molecule has 0 aliphatic carbocycles. The normalized spacial score (nSPS) is 10.4. The van der Waals surface area contributed by atoms with Gasteiger partial charge in [0.1, 0.15) is 11.3 Å². The summed E-state index contributed by atoms with van der Waals surface area (Å²) in [6.45, 7) is 1.88. The minimum absolute atomic E-state index is 0.239. The Morgan fingerprint density at radius 2 is 2.33 bits per heavy atom. The molecule has 0 amide bonds. The van der Waals surface area contributed by atoms with Gasteiger partial charge in [-0.25, -0.2) is 4.98 Å². The van der Waals surface area contributed by atoms with Crippen LogP contribution in [-0.2, 0) is 0 Å². The van der Waals surface area contributed by atoms with Crippen molar-refractivity contribution < 1.29 is 0 Å². The summed E-state index contributed by atoms with van der Waals surface area (Å²) < 4.78 is 1.50. The predicted octanol–water partition coefficient (Wildman–Crippen LogP) is 0.00942. The average molecular weight is 182 g/mol. The van der Waals surface area contributed by atoms with Gasteiger partial charge in [0.2, 0.25) is 11.1 Å². The van der Waals surface area contributed by atoms with Gasteiger partial charge >= 0.3 is 0 Å². The number of aromatic nitrogens is 5. The van der Waals surface area contributed by atoms with E-state index in [2.05, 4.69) is 20.3 Å². The van der Waals surface area contributed by atoms with E-state index in [0.29, 0.717) is 5.13 Å². The van der Waals surface area contributed by atoms with Crippen molar-refractivity contribution in [3.63, 3.8) is 0 Å². The summed E-state index contributed by atoms with van der Waals surface area (Å²) in [5.41, 5.74) is 5.34. The summed E-state index contributed by atoms with van der Waals surface area (Å²) in [6, 6.07) is 0. The molecule has 0 atom stereocenters. The first-order chi connectivity index (χ1) is 5.75. The standard InChI is InChI=1S/C5H6N6S/c1-3-8-9-5(12-3)11-2-7-4(6)10-11/h2H,1H3,(H2,6,10). The third kappa shape index (κ3) is 1.14. The zero-order chi connectivity index (χ0) is 8.55. The molecule has 2 N–H and O–H groups in total. The van der Waals surface area contributed by atoms with Crippen molar-refractivity contribution in [1.29, 1.82) is 0 Å². The summed E-state index contributed by atoms with van der Waals surface area (Å²) >= 11 is 1.44. The van der Waals surface area contributed by atoms with E-state index in [4.69, 9.17) is 5.73 Å². The van der Waals surface area contributed by atoms with Crippen molar-refractivity contribution in [1.82, 2.24) is 25.0 Å². The monoisotopic (exact) mass is 182 g/mol. The minimum atomic E-state index is 0.239. The number of rotatable bonds is 1. The molecular weight excluding hydrogens is 176 g/mol. The van der Waals surface area contributed by atoms with Crippen LogP contribution in [0.25, 0.3) is 5.13 Å². The van der Waals surface area contributed by atoms with Gasteiger partial charge in [0, 0.05) is 0 Å². The Morgan fingerprint density at radius 3 is 2.83 bits per heavy atom. The van der Waals surface area contributed by atoms with Crippen molar-refractivity contribution >= 4 is 17.3 Å². The molecule has 0 saturated carbocycles. The first kappa shape index (κ1) is 7.17. The maximum Gasteiger partial charge on any atom is 0.239 e. The van der Waals surface area contributed by atoms with Gasteiger partial charge in [0.25, 0.3) is 0 Å². The maximum atomic E-state index is 5.34. The van der Waals surface area contributed by atoms with E-state index in [9.17, 15) is 0 Å². The predicted molar refractivity (Wildman–Crippen MR) is 44.0 cm³/mol. The van der Waals surface area contributed by atoms with Crippen LogP contribution in [0, 0.1) is 6.92 Å². The second-order valence-electron chi connectivity index (χ2n) is 2.15. The Balaban J connectivity index is 2.43. The van der Waals surface area contributed by atoms with Gasteiger partial charge in [-0.2, -0.15) is 4.68 Å². The van der Waals surface area contributed by atoms with Crippen LogP contribution < -0.4 is 5.73 Å². The number of hydrogen-bond acceptors (Lipinski definition) is 6. The Labute approximate surface area is 72.1 Å². The molecule has 2 heterocycles. The molecule has 0 aromatic carbocycles. The Kier molecular flexibility index (Phi) is 1.51. The van der Waals surface area contributed by atoms with Gasteiger partial charge in [-0.15, -0.1) is 15.3 Å². The van der Waals surface area contributed by atoms with Crippen LogP contribution in [0.15, 0.2) is 6.33 Å². The van der Waals surface area contributed by atoms with Crippen molar-refractivity contribution in [2.45, 2.75) is 6.92 Å². The lowest BCUT2D eigenvalue weighted by molar-refractivity contribution is 0.845. The number of nitrogens with zero attached hydrogens (tertiary/aromatic N) is 5. The molecule has 0 saturated heterocycles. The largest absolute Gasteiger partial charge is 0.366 e. The Bertz CT molecular complexity index is 352. The summed E-state index contributed by atoms with van der Waals surface area (Å²) in [5, 5.41) is 13.2. The fraction of sp³-hybridized carbons (Fsp3) is 0.200. The highest BCUT2D eigenvalue weighted by Gasteiger charge is 2.04. The van der Waals surface area contributed by atoms with E-state index in [1.54, 1.807) is 0 Å². The fourth-order valence-electron chi connectivity index (χ4n) is 0.747. The molecule has 0 bridgehead atoms. The van der Waals surface area contributed by atoms with Crippen LogP contribution in [0.3, 0.4) is 0 Å². The first-order valence-corrected chi connectivity index (χ1v) is 4.05. The SMILES string of the molecule is Cc1nnc(-n2cnc(N)n2)s1. The number of hydrogen-bond donors (Lipinski definition) is 1. The van der Waals surface area contributed by atoms with Gasteiger partial charge in [-0.05, 0) is 6.92 Å². The Morgan fingerprint density at radius 1 is 1.50 bits per heavy atom. The lowest BCUT2D eigenvalue weighted by atomic mass is 10.9. The molecule has 2 aromatic heterocycles. The number of aryl methyl sites for hydroxylation is 1. The van der Waals surface area contributed by atoms with Crippen molar-refractivity contribution in [3.05, 3.63) is 11.3 Å². The molecule has 0 unspecified atom stereocenters. The number of nitrogen functional groups attached to an aromatic ring is 1. The van der Waals surface area contributed by atoms with E-state index in [1.165, 1.54) is 22.3 Å². The molecular formula is C5H6N6S. The van der Waals surface area contributed by atoms with Crippen molar-refractivity contribution in [2.75, 3.05) is 5.73 Å². The average Bonchev–Trinajstić information content (AvgIpc) is 2.58. The molecule has 6 nitrogen and oxygen atoms in total. The summed E-state index contributed by atoms with van der Waals surface area (Å²) in [7, 11) is 0. The van der Waals surface area contributed by atoms with Crippen LogP contribution >= 0.6 is 11.3 Å². The zero-order valence-electron chi connectivity index (χ0n) is 6.30. The minimum Gasteiger partial charge on any atom is -0.366 e. The topological polar surface area (TPSA) is 82.5 Å². The smallest absolute Gasteiger partial charge is 0.239 e. The molecule has 2 aromatic rings. The summed E-state index contributed by atoms with van der Waals surface area (Å²) in [5.74, 6) is 0.239. The fourth-order valence-corrected chi connectivity index (χ4v) is 1.36.